The second-order valence-electron chi connectivity index (χ2n) is 5.56. The molecule has 0 aliphatic carbocycles. The van der Waals surface area contributed by atoms with Crippen molar-refractivity contribution in [1.82, 2.24) is 0 Å². The summed E-state index contributed by atoms with van der Waals surface area (Å²) in [6.45, 7) is 2.24. The molecule has 0 spiro atoms. The molecule has 1 N–H and O–H groups in total. The van der Waals surface area contributed by atoms with Gasteiger partial charge in [0.25, 0.3) is 0 Å². The van der Waals surface area contributed by atoms with Crippen LogP contribution in [0.3, 0.4) is 0 Å². The van der Waals surface area contributed by atoms with Gasteiger partial charge in [-0.05, 0) is 12.5 Å². The van der Waals surface area contributed by atoms with Crippen LogP contribution in [0, 0.1) is 0 Å². The van der Waals surface area contributed by atoms with Gasteiger partial charge >= 0.3 is 29.6 Å². The Labute approximate surface area is 152 Å². The van der Waals surface area contributed by atoms with E-state index in [-0.39, 0.29) is 41.7 Å². The topological polar surface area (TPSA) is 60.4 Å². The Bertz CT molecular complexity index is 265. The van der Waals surface area contributed by atoms with Crippen molar-refractivity contribution in [3.63, 3.8) is 0 Å². The number of aliphatic hydroxyl groups excluding tert-OH is 1. The van der Waals surface area contributed by atoms with Gasteiger partial charge in [0.2, 0.25) is 0 Å². The smallest absolute Gasteiger partial charge is 0.550 e. The average Bonchev–Trinajstić information content (AvgIpc) is 2.42. The number of hydrogen-bond donors (Lipinski definition) is 1. The molecule has 0 bridgehead atoms. The summed E-state index contributed by atoms with van der Waals surface area (Å²) in [6.07, 6.45) is 15.7. The van der Waals surface area contributed by atoms with Crippen LogP contribution in [0.25, 0.3) is 0 Å². The zero-order chi connectivity index (χ0) is 15.1. The van der Waals surface area contributed by atoms with Crippen LogP contribution in [0.5, 0.6) is 0 Å². The molecule has 0 saturated carbocycles. The summed E-state index contributed by atoms with van der Waals surface area (Å²) in [6, 6.07) is 0. The van der Waals surface area contributed by atoms with Gasteiger partial charge in [-0.25, -0.2) is 0 Å². The molecule has 0 aliphatic rings. The predicted molar refractivity (Wildman–Crippen MR) is 81.4 cm³/mol. The van der Waals surface area contributed by atoms with Crippen molar-refractivity contribution in [2.24, 2.45) is 0 Å². The number of unbranched alkanes of at least 4 members (excludes halogenated alkanes) is 10. The Morgan fingerprint density at radius 2 is 1.33 bits per heavy atom. The summed E-state index contributed by atoms with van der Waals surface area (Å²) in [5, 5.41) is 19.6. The molecule has 0 heterocycles. The van der Waals surface area contributed by atoms with Gasteiger partial charge in [-0.2, -0.15) is 0 Å². The third kappa shape index (κ3) is 20.0. The van der Waals surface area contributed by atoms with Crippen molar-refractivity contribution in [3.05, 3.63) is 11.8 Å². The van der Waals surface area contributed by atoms with Gasteiger partial charge in [0.15, 0.2) is 0 Å². The van der Waals surface area contributed by atoms with E-state index in [1.54, 1.807) is 0 Å². The maximum absolute atomic E-state index is 10.2. The Kier molecular flexibility index (Phi) is 20.0. The minimum Gasteiger partial charge on any atom is -0.550 e. The van der Waals surface area contributed by atoms with E-state index in [1.165, 1.54) is 63.9 Å². The first-order valence-electron chi connectivity index (χ1n) is 8.24. The van der Waals surface area contributed by atoms with E-state index < -0.39 is 5.97 Å². The second kappa shape index (κ2) is 18.1. The van der Waals surface area contributed by atoms with Gasteiger partial charge in [0.1, 0.15) is 0 Å². The van der Waals surface area contributed by atoms with E-state index in [9.17, 15) is 15.0 Å². The normalized spacial score (nSPS) is 11.2. The Morgan fingerprint density at radius 3 is 1.76 bits per heavy atom. The van der Waals surface area contributed by atoms with Crippen molar-refractivity contribution in [1.29, 1.82) is 0 Å². The van der Waals surface area contributed by atoms with E-state index in [0.717, 1.165) is 12.8 Å². The van der Waals surface area contributed by atoms with Crippen LogP contribution in [-0.4, -0.2) is 11.1 Å². The number of carboxylic acid groups (broad SMARTS) is 1. The van der Waals surface area contributed by atoms with E-state index in [1.807, 2.05) is 0 Å². The predicted octanol–water partition coefficient (Wildman–Crippen LogP) is 1.27. The average molecular weight is 306 g/mol. The minimum absolute atomic E-state index is 0. The Balaban J connectivity index is 0. The Morgan fingerprint density at radius 1 is 0.905 bits per heavy atom. The molecule has 3 nitrogen and oxygen atoms in total. The molecule has 0 aromatic carbocycles. The van der Waals surface area contributed by atoms with Crippen LogP contribution >= 0.6 is 0 Å². The molecule has 21 heavy (non-hydrogen) atoms. The fourth-order valence-corrected chi connectivity index (χ4v) is 2.27. The number of aliphatic carboxylic acids is 1. The summed E-state index contributed by atoms with van der Waals surface area (Å²) >= 11 is 0. The summed E-state index contributed by atoms with van der Waals surface area (Å²) in [5.74, 6) is -0.958. The zero-order valence-electron chi connectivity index (χ0n) is 14.0. The van der Waals surface area contributed by atoms with Gasteiger partial charge < -0.3 is 15.0 Å². The molecular weight excluding hydrogens is 275 g/mol. The van der Waals surface area contributed by atoms with Gasteiger partial charge in [0.05, 0.1) is 5.76 Å². The second-order valence-corrected chi connectivity index (χ2v) is 5.56. The van der Waals surface area contributed by atoms with Crippen LogP contribution in [0.4, 0.5) is 0 Å². The fraction of sp³-hybridized carbons (Fsp3) is 0.824. The van der Waals surface area contributed by atoms with Crippen LogP contribution in [0.15, 0.2) is 11.8 Å². The number of carboxylic acids is 1. The zero-order valence-corrected chi connectivity index (χ0v) is 16.0. The van der Waals surface area contributed by atoms with E-state index >= 15 is 0 Å². The number of hydrogen-bond acceptors (Lipinski definition) is 3. The molecule has 0 rings (SSSR count). The van der Waals surface area contributed by atoms with Gasteiger partial charge in [-0.15, -0.1) is 0 Å². The molecule has 0 aromatic heterocycles. The quantitative estimate of drug-likeness (QED) is 0.299. The van der Waals surface area contributed by atoms with Gasteiger partial charge in [0, 0.05) is 18.8 Å². The molecular formula is C17H31NaO3. The molecule has 0 atom stereocenters. The Hall–Kier alpha value is 0.0100. The third-order valence-electron chi connectivity index (χ3n) is 3.54. The van der Waals surface area contributed by atoms with Crippen LogP contribution in [0.1, 0.15) is 90.4 Å². The van der Waals surface area contributed by atoms with E-state index in [0.29, 0.717) is 6.42 Å². The molecule has 0 aromatic rings. The minimum atomic E-state index is -1.14. The third-order valence-corrected chi connectivity index (χ3v) is 3.54. The van der Waals surface area contributed by atoms with Crippen LogP contribution < -0.4 is 34.7 Å². The monoisotopic (exact) mass is 306 g/mol. The largest absolute Gasteiger partial charge is 1.00 e. The van der Waals surface area contributed by atoms with Crippen LogP contribution in [0.2, 0.25) is 0 Å². The van der Waals surface area contributed by atoms with Gasteiger partial charge in [-0.3, -0.25) is 0 Å². The first-order chi connectivity index (χ1) is 9.66. The SMILES string of the molecule is CCCCCCCCCCCCCC(O)=CCC(=O)[O-].[Na+]. The summed E-state index contributed by atoms with van der Waals surface area (Å²) < 4.78 is 0. The summed E-state index contributed by atoms with van der Waals surface area (Å²) in [4.78, 5) is 10.2. The number of carbonyl (C=O) groups excluding carboxylic acids is 1. The molecule has 0 fully saturated rings. The number of rotatable bonds is 14. The fourth-order valence-electron chi connectivity index (χ4n) is 2.27. The number of aliphatic hydroxyl groups is 1. The first kappa shape index (κ1) is 23.3. The van der Waals surface area contributed by atoms with Gasteiger partial charge in [-0.1, -0.05) is 71.1 Å². The number of allylic oxidation sites excluding steroid dienone is 1. The summed E-state index contributed by atoms with van der Waals surface area (Å²) in [7, 11) is 0. The molecule has 4 heteroatoms. The van der Waals surface area contributed by atoms with E-state index in [4.69, 9.17) is 0 Å². The molecule has 0 radical (unpaired) electrons. The molecule has 118 valence electrons. The van der Waals surface area contributed by atoms with Crippen molar-refractivity contribution in [3.8, 4) is 0 Å². The van der Waals surface area contributed by atoms with Crippen molar-refractivity contribution < 1.29 is 44.6 Å². The molecule has 0 amide bonds. The maximum Gasteiger partial charge on any atom is 1.00 e. The van der Waals surface area contributed by atoms with Crippen molar-refractivity contribution >= 4 is 5.97 Å². The molecule has 0 unspecified atom stereocenters. The first-order valence-corrected chi connectivity index (χ1v) is 8.24. The van der Waals surface area contributed by atoms with Crippen molar-refractivity contribution in [2.75, 3.05) is 0 Å². The number of carbonyl (C=O) groups is 1. The maximum atomic E-state index is 10.2. The van der Waals surface area contributed by atoms with Crippen molar-refractivity contribution in [2.45, 2.75) is 90.4 Å². The molecule has 0 saturated heterocycles. The summed E-state index contributed by atoms with van der Waals surface area (Å²) in [5.41, 5.74) is 0. The molecule has 0 aliphatic heterocycles. The van der Waals surface area contributed by atoms with Crippen LogP contribution in [-0.2, 0) is 4.79 Å². The standard InChI is InChI=1S/C17H32O3.Na/c1-2-3-4-5-6-7-8-9-10-11-12-13-16(18)14-15-17(19)20;/h14,18H,2-13,15H2,1H3,(H,19,20);/q;+1/p-1. The van der Waals surface area contributed by atoms with E-state index in [2.05, 4.69) is 6.92 Å².